The van der Waals surface area contributed by atoms with Crippen LogP contribution in [0.4, 0.5) is 0 Å². The number of rotatable bonds is 7. The molecule has 0 amide bonds. The fourth-order valence-corrected chi connectivity index (χ4v) is 1.24. The highest BCUT2D eigenvalue weighted by molar-refractivity contribution is 6.02. The van der Waals surface area contributed by atoms with Crippen LogP contribution in [0.15, 0.2) is 36.9 Å². The van der Waals surface area contributed by atoms with Crippen molar-refractivity contribution in [3.8, 4) is 0 Å². The van der Waals surface area contributed by atoms with E-state index in [1.807, 2.05) is 0 Å². The third kappa shape index (κ3) is 4.53. The molecule has 0 atom stereocenters. The van der Waals surface area contributed by atoms with Gasteiger partial charge in [0.15, 0.2) is 0 Å². The Balaban J connectivity index is 2.79. The predicted molar refractivity (Wildman–Crippen MR) is 65.4 cm³/mol. The summed E-state index contributed by atoms with van der Waals surface area (Å²) in [6.07, 6.45) is 1.41. The van der Waals surface area contributed by atoms with Gasteiger partial charge in [-0.1, -0.05) is 18.2 Å². The topological polar surface area (TPSA) is 82.1 Å². The van der Waals surface area contributed by atoms with Gasteiger partial charge in [-0.3, -0.25) is 4.89 Å². The second kappa shape index (κ2) is 8.02. The molecule has 0 aliphatic rings. The van der Waals surface area contributed by atoms with Crippen molar-refractivity contribution in [3.05, 3.63) is 48.0 Å². The molecule has 0 fully saturated rings. The van der Waals surface area contributed by atoms with E-state index in [1.54, 1.807) is 12.1 Å². The number of aliphatic hydroxyl groups excluding tert-OH is 1. The number of hydrogen-bond donors (Lipinski definition) is 1. The third-order valence-corrected chi connectivity index (χ3v) is 2.01. The second-order valence-electron chi connectivity index (χ2n) is 3.35. The summed E-state index contributed by atoms with van der Waals surface area (Å²) in [4.78, 5) is 32.4. The molecule has 6 nitrogen and oxygen atoms in total. The molecular formula is C13H14O6. The fourth-order valence-electron chi connectivity index (χ4n) is 1.24. The first-order valence-electron chi connectivity index (χ1n) is 5.52. The molecule has 102 valence electrons. The Bertz CT molecular complexity index is 454. The Hall–Kier alpha value is -2.18. The van der Waals surface area contributed by atoms with Crippen molar-refractivity contribution in [2.24, 2.45) is 0 Å². The lowest BCUT2D eigenvalue weighted by atomic mass is 10.1. The third-order valence-electron chi connectivity index (χ3n) is 2.01. The molecule has 0 saturated heterocycles. The Kier molecular flexibility index (Phi) is 6.28. The van der Waals surface area contributed by atoms with Crippen LogP contribution in [0.3, 0.4) is 0 Å². The average Bonchev–Trinajstić information content (AvgIpc) is 2.45. The van der Waals surface area contributed by atoms with Gasteiger partial charge in [-0.25, -0.2) is 9.59 Å². The molecule has 0 heterocycles. The molecule has 19 heavy (non-hydrogen) atoms. The molecular weight excluding hydrogens is 252 g/mol. The highest BCUT2D eigenvalue weighted by atomic mass is 17.2. The minimum atomic E-state index is -0.807. The summed E-state index contributed by atoms with van der Waals surface area (Å²) in [5.41, 5.74) is 0.0673. The van der Waals surface area contributed by atoms with E-state index in [4.69, 9.17) is 9.84 Å². The van der Waals surface area contributed by atoms with E-state index in [1.165, 1.54) is 18.2 Å². The molecule has 0 aliphatic carbocycles. The predicted octanol–water partition coefficient (Wildman–Crippen LogP) is 1.11. The van der Waals surface area contributed by atoms with Gasteiger partial charge in [-0.05, 0) is 12.1 Å². The summed E-state index contributed by atoms with van der Waals surface area (Å²) >= 11 is 0. The Morgan fingerprint density at radius 1 is 1.21 bits per heavy atom. The van der Waals surface area contributed by atoms with Crippen molar-refractivity contribution >= 4 is 11.9 Å². The molecule has 0 aromatic heterocycles. The summed E-state index contributed by atoms with van der Waals surface area (Å²) in [6.45, 7) is 3.01. The highest BCUT2D eigenvalue weighted by Gasteiger charge is 2.19. The summed E-state index contributed by atoms with van der Waals surface area (Å²) in [7, 11) is 0. The average molecular weight is 266 g/mol. The smallest absolute Gasteiger partial charge is 0.373 e. The molecule has 0 aliphatic heterocycles. The zero-order chi connectivity index (χ0) is 14.1. The summed E-state index contributed by atoms with van der Waals surface area (Å²) in [6, 6.07) is 5.99. The van der Waals surface area contributed by atoms with E-state index < -0.39 is 11.9 Å². The van der Waals surface area contributed by atoms with Crippen LogP contribution >= 0.6 is 0 Å². The number of ether oxygens (including phenoxy) is 1. The number of carbonyl (C=O) groups excluding carboxylic acids is 2. The summed E-state index contributed by atoms with van der Waals surface area (Å²) in [5, 5.41) is 8.59. The zero-order valence-electron chi connectivity index (χ0n) is 10.2. The van der Waals surface area contributed by atoms with E-state index in [9.17, 15) is 9.59 Å². The molecule has 1 N–H and O–H groups in total. The first kappa shape index (κ1) is 14.9. The number of benzene rings is 1. The van der Waals surface area contributed by atoms with Crippen molar-refractivity contribution in [2.75, 3.05) is 19.8 Å². The van der Waals surface area contributed by atoms with Crippen molar-refractivity contribution in [3.63, 3.8) is 0 Å². The number of carbonyl (C=O) groups is 2. The van der Waals surface area contributed by atoms with Gasteiger partial charge in [0.25, 0.3) is 0 Å². The van der Waals surface area contributed by atoms with Crippen molar-refractivity contribution in [1.29, 1.82) is 0 Å². The Labute approximate surface area is 110 Å². The van der Waals surface area contributed by atoms with Gasteiger partial charge in [0.2, 0.25) is 0 Å². The maximum atomic E-state index is 11.7. The first-order chi connectivity index (χ1) is 9.20. The maximum absolute atomic E-state index is 11.7. The maximum Gasteiger partial charge on any atom is 0.373 e. The Morgan fingerprint density at radius 2 is 1.84 bits per heavy atom. The number of hydrogen-bond acceptors (Lipinski definition) is 6. The lowest BCUT2D eigenvalue weighted by Crippen LogP contribution is -2.15. The quantitative estimate of drug-likeness (QED) is 0.262. The van der Waals surface area contributed by atoms with Gasteiger partial charge in [-0.2, -0.15) is 4.89 Å². The minimum Gasteiger partial charge on any atom is -0.460 e. The van der Waals surface area contributed by atoms with E-state index in [2.05, 4.69) is 16.4 Å². The normalized spacial score (nSPS) is 9.74. The van der Waals surface area contributed by atoms with Crippen molar-refractivity contribution in [1.82, 2.24) is 0 Å². The van der Waals surface area contributed by atoms with Crippen LogP contribution in [0.25, 0.3) is 0 Å². The number of esters is 1. The van der Waals surface area contributed by atoms with Crippen LogP contribution in [0.1, 0.15) is 20.7 Å². The Morgan fingerprint density at radius 3 is 2.42 bits per heavy atom. The molecule has 0 radical (unpaired) electrons. The van der Waals surface area contributed by atoms with Crippen LogP contribution in [-0.2, 0) is 14.5 Å². The van der Waals surface area contributed by atoms with Crippen LogP contribution in [0, 0.1) is 0 Å². The SMILES string of the molecule is C=CCOOC(=O)c1ccccc1C(=O)OCCO. The standard InChI is InChI=1S/C13H14O6/c1-2-8-18-19-13(16)11-6-4-3-5-10(11)12(15)17-9-7-14/h2-6,14H,1,7-9H2. The highest BCUT2D eigenvalue weighted by Crippen LogP contribution is 2.12. The van der Waals surface area contributed by atoms with E-state index in [0.717, 1.165) is 0 Å². The molecule has 1 aromatic rings. The zero-order valence-corrected chi connectivity index (χ0v) is 10.2. The van der Waals surface area contributed by atoms with Crippen LogP contribution in [0.2, 0.25) is 0 Å². The molecule has 0 unspecified atom stereocenters. The fraction of sp³-hybridized carbons (Fsp3) is 0.231. The van der Waals surface area contributed by atoms with E-state index in [0.29, 0.717) is 0 Å². The van der Waals surface area contributed by atoms with Gasteiger partial charge in [0, 0.05) is 0 Å². The van der Waals surface area contributed by atoms with Crippen molar-refractivity contribution < 1.29 is 29.2 Å². The molecule has 0 saturated carbocycles. The first-order valence-corrected chi connectivity index (χ1v) is 5.52. The van der Waals surface area contributed by atoms with E-state index >= 15 is 0 Å². The van der Waals surface area contributed by atoms with Gasteiger partial charge < -0.3 is 9.84 Å². The monoisotopic (exact) mass is 266 g/mol. The van der Waals surface area contributed by atoms with Gasteiger partial charge >= 0.3 is 11.9 Å². The van der Waals surface area contributed by atoms with Gasteiger partial charge in [-0.15, -0.1) is 6.58 Å². The van der Waals surface area contributed by atoms with Crippen LogP contribution in [0.5, 0.6) is 0 Å². The summed E-state index contributed by atoms with van der Waals surface area (Å²) < 4.78 is 4.74. The molecule has 1 rings (SSSR count). The van der Waals surface area contributed by atoms with Crippen molar-refractivity contribution in [2.45, 2.75) is 0 Å². The number of aliphatic hydroxyl groups is 1. The van der Waals surface area contributed by atoms with E-state index in [-0.39, 0.29) is 30.9 Å². The lowest BCUT2D eigenvalue weighted by Gasteiger charge is -2.07. The summed E-state index contributed by atoms with van der Waals surface area (Å²) in [5.74, 6) is -1.52. The molecule has 6 heteroatoms. The minimum absolute atomic E-state index is 0.0227. The largest absolute Gasteiger partial charge is 0.460 e. The van der Waals surface area contributed by atoms with Crippen LogP contribution < -0.4 is 0 Å². The van der Waals surface area contributed by atoms with Gasteiger partial charge in [0.1, 0.15) is 13.2 Å². The van der Waals surface area contributed by atoms with Gasteiger partial charge in [0.05, 0.1) is 17.7 Å². The molecule has 0 spiro atoms. The second-order valence-corrected chi connectivity index (χ2v) is 3.35. The molecule has 0 bridgehead atoms. The van der Waals surface area contributed by atoms with Crippen LogP contribution in [-0.4, -0.2) is 36.9 Å². The molecule has 1 aromatic carbocycles. The lowest BCUT2D eigenvalue weighted by molar-refractivity contribution is -0.231.